The van der Waals surface area contributed by atoms with Gasteiger partial charge in [0.05, 0.1) is 18.7 Å². The van der Waals surface area contributed by atoms with Crippen molar-refractivity contribution in [3.05, 3.63) is 0 Å². The molecule has 0 spiro atoms. The van der Waals surface area contributed by atoms with Crippen LogP contribution in [0.3, 0.4) is 0 Å². The predicted molar refractivity (Wildman–Crippen MR) is 59.4 cm³/mol. The molecule has 19 heavy (non-hydrogen) atoms. The first kappa shape index (κ1) is 14.4. The van der Waals surface area contributed by atoms with Gasteiger partial charge in [0.2, 0.25) is 6.23 Å². The Hall–Kier alpha value is -1.02. The van der Waals surface area contributed by atoms with Gasteiger partial charge in [0.25, 0.3) is 0 Å². The molecule has 1 unspecified atom stereocenters. The van der Waals surface area contributed by atoms with Crippen molar-refractivity contribution in [2.45, 2.75) is 50.9 Å². The van der Waals surface area contributed by atoms with Crippen molar-refractivity contribution in [3.8, 4) is 0 Å². The van der Waals surface area contributed by atoms with E-state index in [0.29, 0.717) is 0 Å². The largest absolute Gasteiger partial charge is 0.444 e. The molecule has 2 saturated heterocycles. The van der Waals surface area contributed by atoms with E-state index in [0.717, 1.165) is 0 Å². The molecule has 0 aromatic carbocycles. The zero-order chi connectivity index (χ0) is 14.4. The van der Waals surface area contributed by atoms with Crippen LogP contribution in [0.5, 0.6) is 0 Å². The first-order chi connectivity index (χ1) is 8.56. The number of fused-ring (bicyclic) bond motifs is 1. The number of nitrogens with zero attached hydrogens (tertiary/aromatic N) is 1. The highest BCUT2D eigenvalue weighted by Gasteiger charge is 2.53. The average Bonchev–Trinajstić information content (AvgIpc) is 2.68. The second kappa shape index (κ2) is 4.52. The van der Waals surface area contributed by atoms with E-state index in [4.69, 9.17) is 9.47 Å². The summed E-state index contributed by atoms with van der Waals surface area (Å²) in [6, 6.07) is -0.501. The van der Waals surface area contributed by atoms with Gasteiger partial charge in [-0.2, -0.15) is 13.2 Å². The van der Waals surface area contributed by atoms with Gasteiger partial charge in [-0.3, -0.25) is 5.32 Å². The third-order valence-electron chi connectivity index (χ3n) is 2.89. The minimum atomic E-state index is -4.43. The van der Waals surface area contributed by atoms with E-state index in [2.05, 4.69) is 5.32 Å². The molecule has 1 amide bonds. The van der Waals surface area contributed by atoms with E-state index < -0.39 is 36.2 Å². The number of hydrogen-bond acceptors (Lipinski definition) is 4. The molecule has 2 aliphatic heterocycles. The maximum Gasteiger partial charge on any atom is 0.428 e. The number of halogens is 3. The van der Waals surface area contributed by atoms with Crippen molar-refractivity contribution in [1.82, 2.24) is 10.2 Å². The Kier molecular flexibility index (Phi) is 3.42. The molecule has 0 aromatic rings. The summed E-state index contributed by atoms with van der Waals surface area (Å²) < 4.78 is 47.4. The number of amides is 1. The van der Waals surface area contributed by atoms with Crippen LogP contribution >= 0.6 is 0 Å². The molecular weight excluding hydrogens is 265 g/mol. The Bertz CT molecular complexity index is 353. The highest BCUT2D eigenvalue weighted by atomic mass is 19.4. The van der Waals surface area contributed by atoms with Crippen LogP contribution in [0, 0.1) is 0 Å². The number of ether oxygens (including phenoxy) is 2. The maximum atomic E-state index is 12.5. The molecule has 2 aliphatic rings. The number of likely N-dealkylation sites (tertiary alicyclic amines) is 1. The number of hydrogen-bond donors (Lipinski definition) is 1. The van der Waals surface area contributed by atoms with Crippen LogP contribution in [0.2, 0.25) is 0 Å². The molecule has 0 aromatic heterocycles. The van der Waals surface area contributed by atoms with E-state index >= 15 is 0 Å². The Balaban J connectivity index is 1.89. The lowest BCUT2D eigenvalue weighted by Crippen LogP contribution is -2.45. The van der Waals surface area contributed by atoms with Crippen molar-refractivity contribution < 1.29 is 27.4 Å². The number of alkyl halides is 3. The third-order valence-corrected chi connectivity index (χ3v) is 2.89. The fourth-order valence-electron chi connectivity index (χ4n) is 2.13. The standard InChI is InChI=1S/C11H17F3N2O3/c1-10(2,3)19-9(17)16-4-6-7(5-16)18-8(15-6)11(12,13)14/h6-8,15H,4-5H2,1-3H3/t6-,7+,8?/m0/s1. The fourth-order valence-corrected chi connectivity index (χ4v) is 2.13. The summed E-state index contributed by atoms with van der Waals surface area (Å²) in [5, 5.41) is 2.34. The second-order valence-corrected chi connectivity index (χ2v) is 5.75. The van der Waals surface area contributed by atoms with Gasteiger partial charge in [0, 0.05) is 6.54 Å². The van der Waals surface area contributed by atoms with Crippen LogP contribution < -0.4 is 5.32 Å². The Labute approximate surface area is 109 Å². The summed E-state index contributed by atoms with van der Waals surface area (Å²) in [5.74, 6) is 0. The van der Waals surface area contributed by atoms with Crippen LogP contribution in [-0.2, 0) is 9.47 Å². The molecule has 0 bridgehead atoms. The van der Waals surface area contributed by atoms with Gasteiger partial charge in [-0.05, 0) is 20.8 Å². The lowest BCUT2D eigenvalue weighted by atomic mass is 10.2. The highest BCUT2D eigenvalue weighted by Crippen LogP contribution is 2.31. The van der Waals surface area contributed by atoms with E-state index in [-0.39, 0.29) is 13.1 Å². The van der Waals surface area contributed by atoms with Crippen molar-refractivity contribution in [3.63, 3.8) is 0 Å². The van der Waals surface area contributed by atoms with E-state index in [9.17, 15) is 18.0 Å². The van der Waals surface area contributed by atoms with E-state index in [1.165, 1.54) is 4.90 Å². The average molecular weight is 282 g/mol. The molecule has 8 heteroatoms. The molecule has 5 nitrogen and oxygen atoms in total. The topological polar surface area (TPSA) is 50.8 Å². The molecule has 2 fully saturated rings. The molecule has 0 aliphatic carbocycles. The normalized spacial score (nSPS) is 31.5. The summed E-state index contributed by atoms with van der Waals surface area (Å²) in [5.41, 5.74) is -0.627. The van der Waals surface area contributed by atoms with Crippen molar-refractivity contribution in [2.75, 3.05) is 13.1 Å². The smallest absolute Gasteiger partial charge is 0.428 e. The number of carbonyl (C=O) groups is 1. The quantitative estimate of drug-likeness (QED) is 0.731. The zero-order valence-corrected chi connectivity index (χ0v) is 11.0. The van der Waals surface area contributed by atoms with Gasteiger partial charge in [0.1, 0.15) is 5.60 Å². The second-order valence-electron chi connectivity index (χ2n) is 5.75. The molecular formula is C11H17F3N2O3. The van der Waals surface area contributed by atoms with Crippen molar-refractivity contribution >= 4 is 6.09 Å². The van der Waals surface area contributed by atoms with E-state index in [1.54, 1.807) is 20.8 Å². The molecule has 2 rings (SSSR count). The monoisotopic (exact) mass is 282 g/mol. The molecule has 1 N–H and O–H groups in total. The molecule has 2 heterocycles. The van der Waals surface area contributed by atoms with Gasteiger partial charge in [-0.15, -0.1) is 0 Å². The van der Waals surface area contributed by atoms with Crippen LogP contribution in [0.25, 0.3) is 0 Å². The maximum absolute atomic E-state index is 12.5. The minimum Gasteiger partial charge on any atom is -0.444 e. The summed E-state index contributed by atoms with van der Waals surface area (Å²) in [6.45, 7) is 5.47. The molecule has 0 radical (unpaired) electrons. The number of nitrogens with one attached hydrogen (secondary N) is 1. The summed E-state index contributed by atoms with van der Waals surface area (Å²) in [4.78, 5) is 13.1. The van der Waals surface area contributed by atoms with Crippen LogP contribution in [-0.4, -0.2) is 54.2 Å². The molecule has 3 atom stereocenters. The summed E-state index contributed by atoms with van der Waals surface area (Å²) in [6.07, 6.45) is -7.54. The Morgan fingerprint density at radius 1 is 1.32 bits per heavy atom. The van der Waals surface area contributed by atoms with Gasteiger partial charge in [0.15, 0.2) is 0 Å². The Morgan fingerprint density at radius 2 is 1.95 bits per heavy atom. The third kappa shape index (κ3) is 3.30. The molecule has 0 saturated carbocycles. The van der Waals surface area contributed by atoms with Crippen LogP contribution in [0.4, 0.5) is 18.0 Å². The number of carbonyl (C=O) groups excluding carboxylic acids is 1. The fraction of sp³-hybridized carbons (Fsp3) is 0.909. The first-order valence-corrected chi connectivity index (χ1v) is 6.02. The number of rotatable bonds is 0. The Morgan fingerprint density at radius 3 is 2.42 bits per heavy atom. The van der Waals surface area contributed by atoms with Gasteiger partial charge in [-0.25, -0.2) is 4.79 Å². The lowest BCUT2D eigenvalue weighted by Gasteiger charge is -2.25. The van der Waals surface area contributed by atoms with Crippen molar-refractivity contribution in [1.29, 1.82) is 0 Å². The van der Waals surface area contributed by atoms with Crippen LogP contribution in [0.1, 0.15) is 20.8 Å². The predicted octanol–water partition coefficient (Wildman–Crippen LogP) is 1.48. The lowest BCUT2D eigenvalue weighted by molar-refractivity contribution is -0.221. The van der Waals surface area contributed by atoms with Gasteiger partial charge >= 0.3 is 12.3 Å². The van der Waals surface area contributed by atoms with Gasteiger partial charge < -0.3 is 14.4 Å². The minimum absolute atomic E-state index is 0.110. The van der Waals surface area contributed by atoms with Gasteiger partial charge in [-0.1, -0.05) is 0 Å². The first-order valence-electron chi connectivity index (χ1n) is 6.02. The van der Waals surface area contributed by atoms with Crippen LogP contribution in [0.15, 0.2) is 0 Å². The molecule has 110 valence electrons. The SMILES string of the molecule is CC(C)(C)OC(=O)N1C[C@@H]2NC(C(F)(F)F)O[C@@H]2C1. The van der Waals surface area contributed by atoms with Crippen molar-refractivity contribution in [2.24, 2.45) is 0 Å². The summed E-state index contributed by atoms with van der Waals surface area (Å²) in [7, 11) is 0. The summed E-state index contributed by atoms with van der Waals surface area (Å²) >= 11 is 0. The zero-order valence-electron chi connectivity index (χ0n) is 11.0. The highest BCUT2D eigenvalue weighted by molar-refractivity contribution is 5.68. The van der Waals surface area contributed by atoms with E-state index in [1.807, 2.05) is 0 Å².